The monoisotopic (exact) mass is 338 g/mol. The van der Waals surface area contributed by atoms with Crippen LogP contribution in [0.1, 0.15) is 16.7 Å². The zero-order valence-electron chi connectivity index (χ0n) is 14.7. The van der Waals surface area contributed by atoms with Gasteiger partial charge in [-0.1, -0.05) is 42.0 Å². The highest BCUT2D eigenvalue weighted by Gasteiger charge is 2.12. The molecular weight excluding hydrogens is 312 g/mol. The minimum Gasteiger partial charge on any atom is -0.379 e. The molecule has 25 heavy (non-hydrogen) atoms. The number of nitrogens with zero attached hydrogens (tertiary/aromatic N) is 2. The average Bonchev–Trinajstić information content (AvgIpc) is 2.64. The smallest absolute Gasteiger partial charge is 0.193 e. The number of hydrogen-bond acceptors (Lipinski definition) is 3. The fraction of sp³-hybridized carbons (Fsp3) is 0.350. The summed E-state index contributed by atoms with van der Waals surface area (Å²) < 4.78 is 5.42. The number of anilines is 1. The van der Waals surface area contributed by atoms with E-state index < -0.39 is 0 Å². The Balaban J connectivity index is 1.62. The third-order valence-electron chi connectivity index (χ3n) is 4.36. The first kappa shape index (κ1) is 17.5. The first-order valence-corrected chi connectivity index (χ1v) is 8.71. The molecule has 2 aromatic rings. The largest absolute Gasteiger partial charge is 0.379 e. The van der Waals surface area contributed by atoms with Crippen LogP contribution in [-0.4, -0.2) is 37.2 Å². The van der Waals surface area contributed by atoms with E-state index in [9.17, 15) is 0 Å². The van der Waals surface area contributed by atoms with Crippen LogP contribution in [0.4, 0.5) is 5.69 Å². The van der Waals surface area contributed by atoms with Crippen LogP contribution >= 0.6 is 0 Å². The van der Waals surface area contributed by atoms with E-state index >= 15 is 0 Å². The molecule has 132 valence electrons. The third kappa shape index (κ3) is 5.31. The number of rotatable bonds is 5. The predicted molar refractivity (Wildman–Crippen MR) is 103 cm³/mol. The van der Waals surface area contributed by atoms with E-state index in [2.05, 4.69) is 46.4 Å². The summed E-state index contributed by atoms with van der Waals surface area (Å²) in [6.07, 6.45) is 0. The Hall–Kier alpha value is -2.37. The van der Waals surface area contributed by atoms with Gasteiger partial charge in [-0.2, -0.15) is 0 Å². The molecule has 3 rings (SSSR count). The molecule has 0 spiro atoms. The number of guanidine groups is 1. The Morgan fingerprint density at radius 1 is 1.08 bits per heavy atom. The number of ether oxygens (including phenoxy) is 1. The second-order valence-corrected chi connectivity index (χ2v) is 6.35. The first-order chi connectivity index (χ1) is 12.2. The summed E-state index contributed by atoms with van der Waals surface area (Å²) in [6, 6.07) is 16.5. The minimum atomic E-state index is 0.435. The molecule has 0 atom stereocenters. The van der Waals surface area contributed by atoms with Gasteiger partial charge in [-0.05, 0) is 30.2 Å². The van der Waals surface area contributed by atoms with Gasteiger partial charge in [0, 0.05) is 25.3 Å². The Morgan fingerprint density at radius 3 is 2.48 bits per heavy atom. The second-order valence-electron chi connectivity index (χ2n) is 6.35. The molecule has 0 aromatic heterocycles. The Labute approximate surface area is 149 Å². The Morgan fingerprint density at radius 2 is 1.76 bits per heavy atom. The molecule has 0 unspecified atom stereocenters. The highest BCUT2D eigenvalue weighted by atomic mass is 16.5. The van der Waals surface area contributed by atoms with Gasteiger partial charge < -0.3 is 15.8 Å². The van der Waals surface area contributed by atoms with Gasteiger partial charge >= 0.3 is 0 Å². The summed E-state index contributed by atoms with van der Waals surface area (Å²) in [7, 11) is 0. The molecule has 1 heterocycles. The molecule has 1 aliphatic rings. The SMILES string of the molecule is Cc1ccc(NC(N)=NCc2ccccc2CN2CCOCC2)cc1. The van der Waals surface area contributed by atoms with Crippen molar-refractivity contribution in [1.29, 1.82) is 0 Å². The van der Waals surface area contributed by atoms with Crippen LogP contribution < -0.4 is 11.1 Å². The topological polar surface area (TPSA) is 62.9 Å². The summed E-state index contributed by atoms with van der Waals surface area (Å²) in [6.45, 7) is 7.16. The van der Waals surface area contributed by atoms with Crippen molar-refractivity contribution >= 4 is 11.6 Å². The van der Waals surface area contributed by atoms with Crippen molar-refractivity contribution in [2.45, 2.75) is 20.0 Å². The number of hydrogen-bond donors (Lipinski definition) is 2. The molecule has 1 saturated heterocycles. The molecule has 5 nitrogen and oxygen atoms in total. The molecule has 0 amide bonds. The van der Waals surface area contributed by atoms with E-state index in [1.165, 1.54) is 16.7 Å². The van der Waals surface area contributed by atoms with Crippen molar-refractivity contribution in [2.75, 3.05) is 31.6 Å². The van der Waals surface area contributed by atoms with Crippen LogP contribution in [0.2, 0.25) is 0 Å². The van der Waals surface area contributed by atoms with Gasteiger partial charge in [-0.3, -0.25) is 4.90 Å². The van der Waals surface area contributed by atoms with Crippen LogP contribution in [0.25, 0.3) is 0 Å². The highest BCUT2D eigenvalue weighted by Crippen LogP contribution is 2.14. The molecule has 0 bridgehead atoms. The van der Waals surface area contributed by atoms with Crippen LogP contribution in [0, 0.1) is 6.92 Å². The normalized spacial score (nSPS) is 16.0. The van der Waals surface area contributed by atoms with Gasteiger partial charge in [0.05, 0.1) is 19.8 Å². The standard InChI is InChI=1S/C20H26N4O/c1-16-6-8-19(9-7-16)23-20(21)22-14-17-4-2-3-5-18(17)15-24-10-12-25-13-11-24/h2-9H,10-15H2,1H3,(H3,21,22,23). The maximum Gasteiger partial charge on any atom is 0.193 e. The van der Waals surface area contributed by atoms with Crippen molar-refractivity contribution in [1.82, 2.24) is 4.90 Å². The quantitative estimate of drug-likeness (QED) is 0.650. The van der Waals surface area contributed by atoms with Gasteiger partial charge in [0.15, 0.2) is 5.96 Å². The summed E-state index contributed by atoms with van der Waals surface area (Å²) >= 11 is 0. The van der Waals surface area contributed by atoms with Crippen molar-refractivity contribution in [3.8, 4) is 0 Å². The van der Waals surface area contributed by atoms with Gasteiger partial charge in [0.1, 0.15) is 0 Å². The number of aliphatic imine (C=N–C) groups is 1. The molecule has 1 aliphatic heterocycles. The van der Waals surface area contributed by atoms with Gasteiger partial charge in [0.25, 0.3) is 0 Å². The zero-order valence-corrected chi connectivity index (χ0v) is 14.7. The zero-order chi connectivity index (χ0) is 17.5. The van der Waals surface area contributed by atoms with Crippen LogP contribution in [0.3, 0.4) is 0 Å². The fourth-order valence-corrected chi connectivity index (χ4v) is 2.86. The molecule has 3 N–H and O–H groups in total. The lowest BCUT2D eigenvalue weighted by Crippen LogP contribution is -2.35. The Kier molecular flexibility index (Phi) is 6.04. The van der Waals surface area contributed by atoms with Crippen molar-refractivity contribution in [3.63, 3.8) is 0 Å². The molecule has 5 heteroatoms. The van der Waals surface area contributed by atoms with E-state index in [1.54, 1.807) is 0 Å². The van der Waals surface area contributed by atoms with Crippen molar-refractivity contribution < 1.29 is 4.74 Å². The van der Waals surface area contributed by atoms with E-state index in [4.69, 9.17) is 10.5 Å². The van der Waals surface area contributed by atoms with E-state index in [1.807, 2.05) is 24.3 Å². The lowest BCUT2D eigenvalue weighted by Gasteiger charge is -2.27. The van der Waals surface area contributed by atoms with Crippen molar-refractivity contribution in [2.24, 2.45) is 10.7 Å². The van der Waals surface area contributed by atoms with Gasteiger partial charge in [0.2, 0.25) is 0 Å². The number of benzene rings is 2. The number of aryl methyl sites for hydroxylation is 1. The summed E-state index contributed by atoms with van der Waals surface area (Å²) in [4.78, 5) is 6.92. The summed E-state index contributed by atoms with van der Waals surface area (Å²) in [5.41, 5.74) is 10.7. The molecule has 0 radical (unpaired) electrons. The fourth-order valence-electron chi connectivity index (χ4n) is 2.86. The molecule has 0 aliphatic carbocycles. The van der Waals surface area contributed by atoms with E-state index in [0.717, 1.165) is 38.5 Å². The van der Waals surface area contributed by atoms with Crippen LogP contribution in [-0.2, 0) is 17.8 Å². The molecule has 1 fully saturated rings. The minimum absolute atomic E-state index is 0.435. The van der Waals surface area contributed by atoms with Gasteiger partial charge in [-0.25, -0.2) is 4.99 Å². The third-order valence-corrected chi connectivity index (χ3v) is 4.36. The molecule has 2 aromatic carbocycles. The number of nitrogens with one attached hydrogen (secondary N) is 1. The Bertz CT molecular complexity index is 706. The number of morpholine rings is 1. The molecular formula is C20H26N4O. The summed E-state index contributed by atoms with van der Waals surface area (Å²) in [5, 5.41) is 3.14. The van der Waals surface area contributed by atoms with Crippen LogP contribution in [0.15, 0.2) is 53.5 Å². The maximum absolute atomic E-state index is 6.04. The number of nitrogens with two attached hydrogens (primary N) is 1. The maximum atomic E-state index is 6.04. The average molecular weight is 338 g/mol. The predicted octanol–water partition coefficient (Wildman–Crippen LogP) is 2.75. The first-order valence-electron chi connectivity index (χ1n) is 8.71. The second kappa shape index (κ2) is 8.65. The summed E-state index contributed by atoms with van der Waals surface area (Å²) in [5.74, 6) is 0.435. The van der Waals surface area contributed by atoms with E-state index in [0.29, 0.717) is 12.5 Å². The van der Waals surface area contributed by atoms with Crippen LogP contribution in [0.5, 0.6) is 0 Å². The van der Waals surface area contributed by atoms with Gasteiger partial charge in [-0.15, -0.1) is 0 Å². The van der Waals surface area contributed by atoms with E-state index in [-0.39, 0.29) is 0 Å². The molecule has 0 saturated carbocycles. The van der Waals surface area contributed by atoms with Crippen molar-refractivity contribution in [3.05, 3.63) is 65.2 Å². The lowest BCUT2D eigenvalue weighted by molar-refractivity contribution is 0.0341. The highest BCUT2D eigenvalue weighted by molar-refractivity contribution is 5.92. The lowest BCUT2D eigenvalue weighted by atomic mass is 10.1.